The molecule has 3 heterocycles. The van der Waals surface area contributed by atoms with Gasteiger partial charge in [0, 0.05) is 23.6 Å². The highest BCUT2D eigenvalue weighted by atomic mass is 32.1. The minimum absolute atomic E-state index is 0.0462. The summed E-state index contributed by atoms with van der Waals surface area (Å²) in [5.74, 6) is -1.05. The van der Waals surface area contributed by atoms with Crippen LogP contribution in [0.15, 0.2) is 41.9 Å². The number of hydrogen-bond acceptors (Lipinski definition) is 3. The summed E-state index contributed by atoms with van der Waals surface area (Å²) in [6.45, 7) is 3.38. The van der Waals surface area contributed by atoms with Gasteiger partial charge in [0.2, 0.25) is 0 Å². The molecule has 0 aliphatic heterocycles. The number of hydrogen-bond donors (Lipinski definition) is 0. The molecule has 1 aromatic carbocycles. The molecule has 0 aliphatic carbocycles. The molecule has 4 rings (SSSR count). The minimum Gasteiger partial charge on any atom is -0.298 e. The van der Waals surface area contributed by atoms with Crippen molar-refractivity contribution in [2.45, 2.75) is 20.3 Å². The number of aryl methyl sites for hydroxylation is 1. The van der Waals surface area contributed by atoms with Crippen LogP contribution in [0.4, 0.5) is 8.78 Å². The molecule has 3 aromatic heterocycles. The maximum absolute atomic E-state index is 13.7. The van der Waals surface area contributed by atoms with Crippen LogP contribution in [0, 0.1) is 25.5 Å². The van der Waals surface area contributed by atoms with Crippen LogP contribution in [0.5, 0.6) is 0 Å². The van der Waals surface area contributed by atoms with Crippen molar-refractivity contribution in [3.05, 3.63) is 75.4 Å². The van der Waals surface area contributed by atoms with Gasteiger partial charge in [0.25, 0.3) is 0 Å². The van der Waals surface area contributed by atoms with E-state index in [9.17, 15) is 8.78 Å². The molecule has 0 spiro atoms. The Kier molecular flexibility index (Phi) is 3.84. The Labute approximate surface area is 147 Å². The quantitative estimate of drug-likeness (QED) is 0.521. The molecule has 0 radical (unpaired) electrons. The Morgan fingerprint density at radius 1 is 1.08 bits per heavy atom. The summed E-state index contributed by atoms with van der Waals surface area (Å²) in [6.07, 6.45) is 2.35. The van der Waals surface area contributed by atoms with Crippen LogP contribution in [-0.2, 0) is 6.42 Å². The van der Waals surface area contributed by atoms with E-state index in [0.717, 1.165) is 27.7 Å². The van der Waals surface area contributed by atoms with Crippen LogP contribution < -0.4 is 0 Å². The van der Waals surface area contributed by atoms with Gasteiger partial charge in [-0.3, -0.25) is 4.40 Å². The molecule has 0 fully saturated rings. The van der Waals surface area contributed by atoms with Gasteiger partial charge in [-0.25, -0.2) is 18.7 Å². The normalized spacial score (nSPS) is 11.4. The zero-order valence-electron chi connectivity index (χ0n) is 13.8. The molecule has 4 aromatic rings. The van der Waals surface area contributed by atoms with Crippen LogP contribution in [0.3, 0.4) is 0 Å². The number of thiazole rings is 1. The van der Waals surface area contributed by atoms with E-state index in [0.29, 0.717) is 12.0 Å². The average Bonchev–Trinajstić information content (AvgIpc) is 3.15. The third-order valence-electron chi connectivity index (χ3n) is 4.19. The van der Waals surface area contributed by atoms with Crippen molar-refractivity contribution in [2.75, 3.05) is 0 Å². The second kappa shape index (κ2) is 6.04. The van der Waals surface area contributed by atoms with E-state index in [1.165, 1.54) is 30.4 Å². The number of imidazole rings is 1. The van der Waals surface area contributed by atoms with Gasteiger partial charge < -0.3 is 0 Å². The molecule has 25 heavy (non-hydrogen) atoms. The van der Waals surface area contributed by atoms with Crippen molar-refractivity contribution in [1.29, 1.82) is 0 Å². The first-order chi connectivity index (χ1) is 12.0. The average molecular weight is 355 g/mol. The fraction of sp³-hybridized carbons (Fsp3) is 0.158. The molecule has 0 amide bonds. The second-order valence-electron chi connectivity index (χ2n) is 5.96. The van der Waals surface area contributed by atoms with Crippen molar-refractivity contribution in [1.82, 2.24) is 14.4 Å². The van der Waals surface area contributed by atoms with Gasteiger partial charge in [-0.2, -0.15) is 0 Å². The lowest BCUT2D eigenvalue weighted by molar-refractivity contribution is 0.565. The number of benzene rings is 1. The van der Waals surface area contributed by atoms with Crippen LogP contribution in [0.25, 0.3) is 17.0 Å². The lowest BCUT2D eigenvalue weighted by Gasteiger charge is -2.03. The zero-order valence-corrected chi connectivity index (χ0v) is 14.6. The van der Waals surface area contributed by atoms with Crippen molar-refractivity contribution in [3.63, 3.8) is 0 Å². The van der Waals surface area contributed by atoms with Gasteiger partial charge >= 0.3 is 0 Å². The molecule has 0 saturated carbocycles. The van der Waals surface area contributed by atoms with Crippen LogP contribution in [-0.4, -0.2) is 14.4 Å². The molecule has 0 saturated heterocycles. The number of halogens is 2. The Bertz CT molecular complexity index is 1060. The summed E-state index contributed by atoms with van der Waals surface area (Å²) >= 11 is 1.48. The standard InChI is InChI=1S/C19H15F2N3S/c1-11-14(20)7-13(8-15(11)21)9-18-23-16(10-25-18)19-12(2)22-17-5-3-4-6-24(17)19/h3-8,10H,9H2,1-2H3. The van der Waals surface area contributed by atoms with Gasteiger partial charge in [-0.1, -0.05) is 6.07 Å². The maximum Gasteiger partial charge on any atom is 0.137 e. The van der Waals surface area contributed by atoms with Crippen LogP contribution >= 0.6 is 11.3 Å². The molecular formula is C19H15F2N3S. The fourth-order valence-electron chi connectivity index (χ4n) is 2.90. The first-order valence-electron chi connectivity index (χ1n) is 7.86. The summed E-state index contributed by atoms with van der Waals surface area (Å²) in [7, 11) is 0. The molecule has 3 nitrogen and oxygen atoms in total. The Hall–Kier alpha value is -2.60. The first kappa shape index (κ1) is 15.9. The highest BCUT2D eigenvalue weighted by molar-refractivity contribution is 7.10. The summed E-state index contributed by atoms with van der Waals surface area (Å²) in [5.41, 5.74) is 4.16. The van der Waals surface area contributed by atoms with Crippen LogP contribution in [0.1, 0.15) is 21.8 Å². The van der Waals surface area contributed by atoms with Crippen LogP contribution in [0.2, 0.25) is 0 Å². The van der Waals surface area contributed by atoms with Gasteiger partial charge in [0.1, 0.15) is 23.0 Å². The number of fused-ring (bicyclic) bond motifs is 1. The summed E-state index contributed by atoms with van der Waals surface area (Å²) < 4.78 is 29.5. The van der Waals surface area contributed by atoms with Gasteiger partial charge in [-0.05, 0) is 43.7 Å². The lowest BCUT2D eigenvalue weighted by atomic mass is 10.1. The zero-order chi connectivity index (χ0) is 17.6. The molecule has 0 unspecified atom stereocenters. The minimum atomic E-state index is -0.524. The van der Waals surface area contributed by atoms with E-state index in [1.54, 1.807) is 0 Å². The van der Waals surface area contributed by atoms with Gasteiger partial charge in [-0.15, -0.1) is 11.3 Å². The molecule has 6 heteroatoms. The van der Waals surface area contributed by atoms with E-state index < -0.39 is 11.6 Å². The van der Waals surface area contributed by atoms with Crippen molar-refractivity contribution < 1.29 is 8.78 Å². The Morgan fingerprint density at radius 3 is 2.60 bits per heavy atom. The summed E-state index contributed by atoms with van der Waals surface area (Å²) in [6, 6.07) is 8.58. The van der Waals surface area contributed by atoms with E-state index in [2.05, 4.69) is 9.97 Å². The third-order valence-corrected chi connectivity index (χ3v) is 5.04. The monoisotopic (exact) mass is 355 g/mol. The summed E-state index contributed by atoms with van der Waals surface area (Å²) in [5, 5.41) is 2.77. The third kappa shape index (κ3) is 2.82. The second-order valence-corrected chi connectivity index (χ2v) is 6.91. The summed E-state index contributed by atoms with van der Waals surface area (Å²) in [4.78, 5) is 9.20. The topological polar surface area (TPSA) is 30.2 Å². The fourth-order valence-corrected chi connectivity index (χ4v) is 3.71. The van der Waals surface area contributed by atoms with E-state index in [1.807, 2.05) is 41.1 Å². The van der Waals surface area contributed by atoms with Crippen molar-refractivity contribution >= 4 is 17.0 Å². The SMILES string of the molecule is Cc1nc2ccccn2c1-c1csc(Cc2cc(F)c(C)c(F)c2)n1. The highest BCUT2D eigenvalue weighted by Crippen LogP contribution is 2.27. The number of nitrogens with zero attached hydrogens (tertiary/aromatic N) is 3. The maximum atomic E-state index is 13.7. The van der Waals surface area contributed by atoms with Gasteiger partial charge in [0.15, 0.2) is 0 Å². The van der Waals surface area contributed by atoms with Crippen molar-refractivity contribution in [2.24, 2.45) is 0 Å². The predicted molar refractivity (Wildman–Crippen MR) is 94.9 cm³/mol. The van der Waals surface area contributed by atoms with E-state index in [4.69, 9.17) is 0 Å². The molecule has 0 N–H and O–H groups in total. The predicted octanol–water partition coefficient (Wildman–Crippen LogP) is 4.94. The number of aromatic nitrogens is 3. The number of pyridine rings is 1. The van der Waals surface area contributed by atoms with Crippen molar-refractivity contribution in [3.8, 4) is 11.4 Å². The van der Waals surface area contributed by atoms with E-state index >= 15 is 0 Å². The number of rotatable bonds is 3. The molecule has 0 aliphatic rings. The smallest absolute Gasteiger partial charge is 0.137 e. The molecule has 0 atom stereocenters. The molecular weight excluding hydrogens is 340 g/mol. The Balaban J connectivity index is 1.70. The van der Waals surface area contributed by atoms with Gasteiger partial charge in [0.05, 0.1) is 16.4 Å². The molecule has 0 bridgehead atoms. The molecule has 126 valence electrons. The Morgan fingerprint density at radius 2 is 1.84 bits per heavy atom. The highest BCUT2D eigenvalue weighted by Gasteiger charge is 2.15. The largest absolute Gasteiger partial charge is 0.298 e. The first-order valence-corrected chi connectivity index (χ1v) is 8.74. The lowest BCUT2D eigenvalue weighted by Crippen LogP contribution is -1.95. The van der Waals surface area contributed by atoms with E-state index in [-0.39, 0.29) is 5.56 Å².